The van der Waals surface area contributed by atoms with Crippen molar-refractivity contribution in [3.05, 3.63) is 28.2 Å². The Labute approximate surface area is 134 Å². The first kappa shape index (κ1) is 17.3. The van der Waals surface area contributed by atoms with Crippen LogP contribution < -0.4 is 10.1 Å². The van der Waals surface area contributed by atoms with Crippen LogP contribution in [0.2, 0.25) is 0 Å². The van der Waals surface area contributed by atoms with Crippen molar-refractivity contribution < 1.29 is 9.53 Å². The number of hydrogen-bond acceptors (Lipinski definition) is 3. The Hall–Kier alpha value is -0.780. The highest BCUT2D eigenvalue weighted by Gasteiger charge is 2.28. The molecular formula is C14H20BrClN2O2. The number of ether oxygens (including phenoxy) is 1. The summed E-state index contributed by atoms with van der Waals surface area (Å²) >= 11 is 3.44. The minimum Gasteiger partial charge on any atom is -0.497 e. The van der Waals surface area contributed by atoms with Crippen molar-refractivity contribution in [1.82, 2.24) is 10.2 Å². The van der Waals surface area contributed by atoms with Crippen LogP contribution in [0, 0.1) is 0 Å². The average Bonchev–Trinajstić information content (AvgIpc) is 2.41. The summed E-state index contributed by atoms with van der Waals surface area (Å²) in [6.45, 7) is 5.70. The van der Waals surface area contributed by atoms with Crippen LogP contribution in [0.25, 0.3) is 0 Å². The number of hydrogen-bond donors (Lipinski definition) is 1. The SMILES string of the molecule is COc1ccc(Br)c(C(=O)N2CC(C)NCC2C)c1.Cl. The van der Waals surface area contributed by atoms with Crippen molar-refractivity contribution in [3.63, 3.8) is 0 Å². The molecule has 2 atom stereocenters. The topological polar surface area (TPSA) is 41.6 Å². The van der Waals surface area contributed by atoms with Crippen LogP contribution in [-0.4, -0.2) is 43.1 Å². The summed E-state index contributed by atoms with van der Waals surface area (Å²) in [5.74, 6) is 0.744. The van der Waals surface area contributed by atoms with Gasteiger partial charge in [-0.15, -0.1) is 12.4 Å². The Balaban J connectivity index is 0.00000200. The molecule has 1 saturated heterocycles. The fourth-order valence-corrected chi connectivity index (χ4v) is 2.67. The van der Waals surface area contributed by atoms with Crippen molar-refractivity contribution in [2.24, 2.45) is 0 Å². The predicted molar refractivity (Wildman–Crippen MR) is 85.9 cm³/mol. The second kappa shape index (κ2) is 7.29. The minimum atomic E-state index is 0. The number of benzene rings is 1. The van der Waals surface area contributed by atoms with Crippen LogP contribution in [0.4, 0.5) is 0 Å². The molecule has 4 nitrogen and oxygen atoms in total. The lowest BCUT2D eigenvalue weighted by Gasteiger charge is -2.37. The van der Waals surface area contributed by atoms with Gasteiger partial charge in [-0.05, 0) is 48.0 Å². The van der Waals surface area contributed by atoms with E-state index in [1.54, 1.807) is 13.2 Å². The molecule has 2 rings (SSSR count). The van der Waals surface area contributed by atoms with E-state index < -0.39 is 0 Å². The van der Waals surface area contributed by atoms with Gasteiger partial charge in [-0.1, -0.05) is 0 Å². The lowest BCUT2D eigenvalue weighted by Crippen LogP contribution is -2.56. The fraction of sp³-hybridized carbons (Fsp3) is 0.500. The first-order chi connectivity index (χ1) is 9.02. The fourth-order valence-electron chi connectivity index (χ4n) is 2.25. The van der Waals surface area contributed by atoms with Crippen LogP contribution in [0.3, 0.4) is 0 Å². The van der Waals surface area contributed by atoms with E-state index in [9.17, 15) is 4.79 Å². The number of amides is 1. The Morgan fingerprint density at radius 1 is 1.45 bits per heavy atom. The Bertz CT molecular complexity index is 484. The summed E-state index contributed by atoms with van der Waals surface area (Å²) in [4.78, 5) is 14.6. The molecule has 0 aliphatic carbocycles. The molecule has 1 heterocycles. The molecular weight excluding hydrogens is 344 g/mol. The quantitative estimate of drug-likeness (QED) is 0.878. The van der Waals surface area contributed by atoms with Gasteiger partial charge in [0.2, 0.25) is 0 Å². The zero-order valence-corrected chi connectivity index (χ0v) is 14.3. The predicted octanol–water partition coefficient (Wildman–Crippen LogP) is 2.70. The molecule has 0 radical (unpaired) electrons. The molecule has 20 heavy (non-hydrogen) atoms. The van der Waals surface area contributed by atoms with Gasteiger partial charge in [-0.25, -0.2) is 0 Å². The maximum Gasteiger partial charge on any atom is 0.255 e. The smallest absolute Gasteiger partial charge is 0.255 e. The van der Waals surface area contributed by atoms with E-state index in [4.69, 9.17) is 4.74 Å². The molecule has 0 bridgehead atoms. The summed E-state index contributed by atoms with van der Waals surface area (Å²) in [6, 6.07) is 5.99. The molecule has 1 aromatic rings. The second-order valence-electron chi connectivity index (χ2n) is 4.96. The second-order valence-corrected chi connectivity index (χ2v) is 5.82. The number of carbonyl (C=O) groups is 1. The Morgan fingerprint density at radius 3 is 2.80 bits per heavy atom. The van der Waals surface area contributed by atoms with E-state index in [0.29, 0.717) is 17.4 Å². The van der Waals surface area contributed by atoms with E-state index in [-0.39, 0.29) is 24.4 Å². The van der Waals surface area contributed by atoms with Crippen LogP contribution >= 0.6 is 28.3 Å². The van der Waals surface area contributed by atoms with Gasteiger partial charge >= 0.3 is 0 Å². The van der Waals surface area contributed by atoms with Gasteiger partial charge in [0.15, 0.2) is 0 Å². The lowest BCUT2D eigenvalue weighted by molar-refractivity contribution is 0.0615. The molecule has 2 unspecified atom stereocenters. The van der Waals surface area contributed by atoms with Crippen LogP contribution in [0.1, 0.15) is 24.2 Å². The van der Waals surface area contributed by atoms with Gasteiger partial charge in [0.1, 0.15) is 5.75 Å². The van der Waals surface area contributed by atoms with E-state index in [1.807, 2.05) is 17.0 Å². The summed E-state index contributed by atoms with van der Waals surface area (Å²) in [7, 11) is 1.60. The highest BCUT2D eigenvalue weighted by Crippen LogP contribution is 2.25. The number of halogens is 2. The zero-order chi connectivity index (χ0) is 14.0. The Kier molecular flexibility index (Phi) is 6.30. The molecule has 1 fully saturated rings. The van der Waals surface area contributed by atoms with Crippen LogP contribution in [0.5, 0.6) is 5.75 Å². The minimum absolute atomic E-state index is 0. The van der Waals surface area contributed by atoms with Gasteiger partial charge in [-0.3, -0.25) is 4.79 Å². The molecule has 0 spiro atoms. The largest absolute Gasteiger partial charge is 0.497 e. The third kappa shape index (κ3) is 3.65. The van der Waals surface area contributed by atoms with E-state index in [2.05, 4.69) is 35.1 Å². The lowest BCUT2D eigenvalue weighted by atomic mass is 10.1. The van der Waals surface area contributed by atoms with E-state index in [1.165, 1.54) is 0 Å². The van der Waals surface area contributed by atoms with Gasteiger partial charge in [0.05, 0.1) is 12.7 Å². The summed E-state index contributed by atoms with van der Waals surface area (Å²) in [5.41, 5.74) is 0.653. The number of methoxy groups -OCH3 is 1. The van der Waals surface area contributed by atoms with E-state index >= 15 is 0 Å². The van der Waals surface area contributed by atoms with E-state index in [0.717, 1.165) is 17.6 Å². The standard InChI is InChI=1S/C14H19BrN2O2.ClH/c1-9-8-17(10(2)7-16-9)14(18)12-6-11(19-3)4-5-13(12)15;/h4-6,9-10,16H,7-8H2,1-3H3;1H. The molecule has 1 amide bonds. The number of carbonyl (C=O) groups excluding carboxylic acids is 1. The number of nitrogens with zero attached hydrogens (tertiary/aromatic N) is 1. The monoisotopic (exact) mass is 362 g/mol. The molecule has 0 aromatic heterocycles. The molecule has 1 aliphatic heterocycles. The zero-order valence-electron chi connectivity index (χ0n) is 11.9. The number of piperazine rings is 1. The van der Waals surface area contributed by atoms with Gasteiger partial charge in [-0.2, -0.15) is 0 Å². The molecule has 1 aliphatic rings. The van der Waals surface area contributed by atoms with Crippen LogP contribution in [0.15, 0.2) is 22.7 Å². The van der Waals surface area contributed by atoms with Gasteiger partial charge < -0.3 is 15.0 Å². The normalized spacial score (nSPS) is 22.1. The average molecular weight is 364 g/mol. The molecule has 0 saturated carbocycles. The molecule has 6 heteroatoms. The molecule has 1 aromatic carbocycles. The van der Waals surface area contributed by atoms with Gasteiger partial charge in [0.25, 0.3) is 5.91 Å². The molecule has 112 valence electrons. The van der Waals surface area contributed by atoms with Crippen molar-refractivity contribution in [1.29, 1.82) is 0 Å². The van der Waals surface area contributed by atoms with Crippen LogP contribution in [-0.2, 0) is 0 Å². The first-order valence-corrected chi connectivity index (χ1v) is 7.20. The highest BCUT2D eigenvalue weighted by atomic mass is 79.9. The third-order valence-corrected chi connectivity index (χ3v) is 4.12. The van der Waals surface area contributed by atoms with Crippen molar-refractivity contribution in [2.45, 2.75) is 25.9 Å². The van der Waals surface area contributed by atoms with Crippen molar-refractivity contribution in [3.8, 4) is 5.75 Å². The Morgan fingerprint density at radius 2 is 2.15 bits per heavy atom. The van der Waals surface area contributed by atoms with Crippen molar-refractivity contribution in [2.75, 3.05) is 20.2 Å². The summed E-state index contributed by atoms with van der Waals surface area (Å²) < 4.78 is 5.99. The maximum atomic E-state index is 12.7. The van der Waals surface area contributed by atoms with Crippen molar-refractivity contribution >= 4 is 34.2 Å². The third-order valence-electron chi connectivity index (χ3n) is 3.43. The first-order valence-electron chi connectivity index (χ1n) is 6.40. The number of rotatable bonds is 2. The number of nitrogens with one attached hydrogen (secondary N) is 1. The highest BCUT2D eigenvalue weighted by molar-refractivity contribution is 9.10. The molecule has 1 N–H and O–H groups in total. The summed E-state index contributed by atoms with van der Waals surface area (Å²) in [5, 5.41) is 3.37. The maximum absolute atomic E-state index is 12.7. The summed E-state index contributed by atoms with van der Waals surface area (Å²) in [6.07, 6.45) is 0. The van der Waals surface area contributed by atoms with Gasteiger partial charge in [0, 0.05) is 29.6 Å².